The summed E-state index contributed by atoms with van der Waals surface area (Å²) >= 11 is 0. The first-order chi connectivity index (χ1) is 15.9. The number of hydrogen-bond donors (Lipinski definition) is 0. The molecule has 0 spiro atoms. The van der Waals surface area contributed by atoms with E-state index in [0.29, 0.717) is 30.2 Å². The van der Waals surface area contributed by atoms with E-state index >= 15 is 0 Å². The van der Waals surface area contributed by atoms with Gasteiger partial charge in [-0.2, -0.15) is 4.68 Å². The topological polar surface area (TPSA) is 113 Å². The maximum absolute atomic E-state index is 13.0. The van der Waals surface area contributed by atoms with Gasteiger partial charge in [-0.25, -0.2) is 9.18 Å². The summed E-state index contributed by atoms with van der Waals surface area (Å²) in [6, 6.07) is 10.5. The van der Waals surface area contributed by atoms with E-state index in [2.05, 4.69) is 5.10 Å². The van der Waals surface area contributed by atoms with Gasteiger partial charge in [-0.1, -0.05) is 6.07 Å². The van der Waals surface area contributed by atoms with Gasteiger partial charge in [0.15, 0.2) is 18.1 Å². The number of halogens is 1. The third-order valence-electron chi connectivity index (χ3n) is 4.88. The van der Waals surface area contributed by atoms with Crippen molar-refractivity contribution in [2.75, 3.05) is 19.9 Å². The van der Waals surface area contributed by atoms with Crippen LogP contribution in [0, 0.1) is 5.82 Å². The minimum Gasteiger partial charge on any atom is -0.454 e. The molecule has 0 bridgehead atoms. The molecule has 1 aromatic heterocycles. The van der Waals surface area contributed by atoms with E-state index in [1.807, 2.05) is 6.07 Å². The molecule has 33 heavy (non-hydrogen) atoms. The molecule has 0 saturated carbocycles. The molecule has 0 radical (unpaired) electrons. The van der Waals surface area contributed by atoms with E-state index in [-0.39, 0.29) is 12.7 Å². The van der Waals surface area contributed by atoms with Crippen molar-refractivity contribution in [3.8, 4) is 23.0 Å². The molecule has 10 nitrogen and oxygen atoms in total. The monoisotopic (exact) mass is 457 g/mol. The molecule has 172 valence electrons. The number of benzene rings is 2. The van der Waals surface area contributed by atoms with Crippen LogP contribution in [0.15, 0.2) is 51.7 Å². The number of carbonyl (C=O) groups excluding carboxylic acids is 2. The van der Waals surface area contributed by atoms with Crippen LogP contribution in [0.1, 0.15) is 12.5 Å². The first-order valence-corrected chi connectivity index (χ1v) is 10.1. The Morgan fingerprint density at radius 1 is 1.15 bits per heavy atom. The molecule has 1 amide bonds. The van der Waals surface area contributed by atoms with Crippen molar-refractivity contribution >= 4 is 11.9 Å². The summed E-state index contributed by atoms with van der Waals surface area (Å²) in [5.41, 5.74) is 1.21. The van der Waals surface area contributed by atoms with E-state index in [1.54, 1.807) is 19.1 Å². The zero-order chi connectivity index (χ0) is 23.4. The Labute approximate surface area is 187 Å². The Hall–Kier alpha value is -4.15. The molecule has 2 heterocycles. The predicted octanol–water partition coefficient (Wildman–Crippen LogP) is 1.96. The van der Waals surface area contributed by atoms with Crippen LogP contribution in [0.5, 0.6) is 11.5 Å². The fraction of sp³-hybridized carbons (Fsp3) is 0.273. The molecule has 3 aromatic rings. The lowest BCUT2D eigenvalue weighted by atomic mass is 10.2. The number of fused-ring (bicyclic) bond motifs is 1. The predicted molar refractivity (Wildman–Crippen MR) is 111 cm³/mol. The zero-order valence-electron chi connectivity index (χ0n) is 17.7. The normalized spacial score (nSPS) is 11.9. The maximum atomic E-state index is 13.0. The van der Waals surface area contributed by atoms with Crippen LogP contribution in [-0.2, 0) is 27.4 Å². The minimum atomic E-state index is -0.879. The Morgan fingerprint density at radius 3 is 2.67 bits per heavy atom. The average Bonchev–Trinajstić information content (AvgIpc) is 3.42. The molecule has 0 saturated heterocycles. The summed E-state index contributed by atoms with van der Waals surface area (Å²) in [6.45, 7) is 1.63. The third-order valence-corrected chi connectivity index (χ3v) is 4.88. The van der Waals surface area contributed by atoms with E-state index in [1.165, 1.54) is 29.2 Å². The third kappa shape index (κ3) is 5.20. The minimum absolute atomic E-state index is 0.0650. The van der Waals surface area contributed by atoms with Crippen molar-refractivity contribution < 1.29 is 32.6 Å². The van der Waals surface area contributed by atoms with Crippen molar-refractivity contribution in [1.29, 1.82) is 0 Å². The molecule has 0 atom stereocenters. The number of nitrogens with zero attached hydrogens (tertiary/aromatic N) is 3. The van der Waals surface area contributed by atoms with E-state index < -0.39 is 36.6 Å². The van der Waals surface area contributed by atoms with Crippen LogP contribution in [0.25, 0.3) is 11.5 Å². The summed E-state index contributed by atoms with van der Waals surface area (Å²) in [5, 5.41) is 3.91. The molecule has 1 aliphatic heterocycles. The van der Waals surface area contributed by atoms with Crippen LogP contribution < -0.4 is 15.2 Å². The Bertz CT molecular complexity index is 1220. The van der Waals surface area contributed by atoms with Crippen molar-refractivity contribution in [3.63, 3.8) is 0 Å². The molecule has 0 N–H and O–H groups in total. The lowest BCUT2D eigenvalue weighted by molar-refractivity contribution is -0.153. The first-order valence-electron chi connectivity index (χ1n) is 10.1. The van der Waals surface area contributed by atoms with Gasteiger partial charge >= 0.3 is 11.7 Å². The second-order valence-electron chi connectivity index (χ2n) is 7.09. The van der Waals surface area contributed by atoms with Crippen LogP contribution in [0.2, 0.25) is 0 Å². The summed E-state index contributed by atoms with van der Waals surface area (Å²) < 4.78 is 34.4. The highest BCUT2D eigenvalue weighted by Gasteiger charge is 2.19. The molecular formula is C22H20FN3O7. The summed E-state index contributed by atoms with van der Waals surface area (Å²) in [5.74, 6) is -1.37. The zero-order valence-corrected chi connectivity index (χ0v) is 17.7. The lowest BCUT2D eigenvalue weighted by Crippen LogP contribution is -2.34. The largest absolute Gasteiger partial charge is 0.454 e. The van der Waals surface area contributed by atoms with Gasteiger partial charge in [-0.3, -0.25) is 9.59 Å². The van der Waals surface area contributed by atoms with Crippen molar-refractivity contribution in [1.82, 2.24) is 14.7 Å². The van der Waals surface area contributed by atoms with E-state index in [4.69, 9.17) is 18.6 Å². The van der Waals surface area contributed by atoms with E-state index in [9.17, 15) is 18.8 Å². The van der Waals surface area contributed by atoms with Crippen LogP contribution in [0.3, 0.4) is 0 Å². The number of ether oxygens (including phenoxy) is 3. The molecule has 11 heteroatoms. The van der Waals surface area contributed by atoms with Crippen molar-refractivity contribution in [2.24, 2.45) is 0 Å². The number of aromatic nitrogens is 2. The van der Waals surface area contributed by atoms with Gasteiger partial charge in [-0.05, 0) is 48.9 Å². The maximum Gasteiger partial charge on any atom is 0.437 e. The van der Waals surface area contributed by atoms with Crippen LogP contribution in [0.4, 0.5) is 4.39 Å². The van der Waals surface area contributed by atoms with Gasteiger partial charge in [0.25, 0.3) is 5.91 Å². The smallest absolute Gasteiger partial charge is 0.437 e. The number of esters is 1. The number of carbonyl (C=O) groups is 2. The van der Waals surface area contributed by atoms with E-state index in [0.717, 1.165) is 10.2 Å². The summed E-state index contributed by atoms with van der Waals surface area (Å²) in [4.78, 5) is 38.1. The van der Waals surface area contributed by atoms with Crippen molar-refractivity contribution in [3.05, 3.63) is 64.4 Å². The highest BCUT2D eigenvalue weighted by atomic mass is 19.1. The standard InChI is InChI=1S/C22H20FN3O7/c1-2-25(10-14-3-8-17-18(9-14)32-13-31-17)19(27)12-30-20(28)11-26-22(29)33-21(24-26)15-4-6-16(23)7-5-15/h3-9H,2,10-13H2,1H3. The molecular weight excluding hydrogens is 437 g/mol. The Morgan fingerprint density at radius 2 is 1.91 bits per heavy atom. The molecule has 2 aromatic carbocycles. The lowest BCUT2D eigenvalue weighted by Gasteiger charge is -2.21. The first kappa shape index (κ1) is 22.1. The second kappa shape index (κ2) is 9.55. The Balaban J connectivity index is 1.32. The average molecular weight is 457 g/mol. The number of hydrogen-bond acceptors (Lipinski definition) is 8. The highest BCUT2D eigenvalue weighted by molar-refractivity contribution is 5.80. The van der Waals surface area contributed by atoms with Gasteiger partial charge in [0.05, 0.1) is 0 Å². The van der Waals surface area contributed by atoms with Gasteiger partial charge in [0.2, 0.25) is 12.7 Å². The van der Waals surface area contributed by atoms with Gasteiger partial charge in [0, 0.05) is 18.7 Å². The van der Waals surface area contributed by atoms with Crippen LogP contribution >= 0.6 is 0 Å². The highest BCUT2D eigenvalue weighted by Crippen LogP contribution is 2.32. The SMILES string of the molecule is CCN(Cc1ccc2c(c1)OCO2)C(=O)COC(=O)Cn1nc(-c2ccc(F)cc2)oc1=O. The Kier molecular flexibility index (Phi) is 6.38. The van der Waals surface area contributed by atoms with Gasteiger partial charge < -0.3 is 23.5 Å². The molecule has 0 unspecified atom stereocenters. The fourth-order valence-electron chi connectivity index (χ4n) is 3.15. The number of amides is 1. The number of rotatable bonds is 8. The van der Waals surface area contributed by atoms with Gasteiger partial charge in [0.1, 0.15) is 12.4 Å². The molecule has 4 rings (SSSR count). The second-order valence-corrected chi connectivity index (χ2v) is 7.09. The fourth-order valence-corrected chi connectivity index (χ4v) is 3.15. The quantitative estimate of drug-likeness (QED) is 0.472. The molecule has 0 fully saturated rings. The summed E-state index contributed by atoms with van der Waals surface area (Å²) in [6.07, 6.45) is 0. The summed E-state index contributed by atoms with van der Waals surface area (Å²) in [7, 11) is 0. The van der Waals surface area contributed by atoms with Crippen molar-refractivity contribution in [2.45, 2.75) is 20.0 Å². The molecule has 0 aliphatic carbocycles. The van der Waals surface area contributed by atoms with Crippen LogP contribution in [-0.4, -0.2) is 46.5 Å². The number of likely N-dealkylation sites (N-methyl/N-ethyl adjacent to an activating group) is 1. The molecule has 1 aliphatic rings. The van der Waals surface area contributed by atoms with Gasteiger partial charge in [-0.15, -0.1) is 5.10 Å².